The number of amides is 1. The molecule has 1 aromatic heterocycles. The third-order valence-corrected chi connectivity index (χ3v) is 5.92. The Morgan fingerprint density at radius 3 is 2.26 bits per heavy atom. The standard InChI is InChI=1S/C25H23NO7S/c1-4-31-25(30)21-15(2)22(16(3)27)34-23(21)26-20(28)14-32-24(29)18-12-8-9-13-19(18)33-17-10-6-5-7-11-17/h5-13H,4,14H2,1-3H3,(H,26,28). The number of nitrogens with one attached hydrogen (secondary N) is 1. The van der Waals surface area contributed by atoms with Crippen molar-refractivity contribution in [2.24, 2.45) is 0 Å². The van der Waals surface area contributed by atoms with Gasteiger partial charge >= 0.3 is 11.9 Å². The van der Waals surface area contributed by atoms with Crippen LogP contribution in [0.2, 0.25) is 0 Å². The maximum Gasteiger partial charge on any atom is 0.342 e. The van der Waals surface area contributed by atoms with Crippen molar-refractivity contribution < 1.29 is 33.4 Å². The molecule has 1 heterocycles. The van der Waals surface area contributed by atoms with Gasteiger partial charge in [0.05, 0.1) is 17.0 Å². The lowest BCUT2D eigenvalue weighted by Crippen LogP contribution is -2.22. The second-order valence-electron chi connectivity index (χ2n) is 7.07. The van der Waals surface area contributed by atoms with Crippen molar-refractivity contribution >= 4 is 40.0 Å². The number of thiophene rings is 1. The summed E-state index contributed by atoms with van der Waals surface area (Å²) >= 11 is 0.968. The van der Waals surface area contributed by atoms with E-state index in [2.05, 4.69) is 5.32 Å². The van der Waals surface area contributed by atoms with E-state index < -0.39 is 24.5 Å². The van der Waals surface area contributed by atoms with Gasteiger partial charge in [-0.25, -0.2) is 9.59 Å². The predicted molar refractivity (Wildman–Crippen MR) is 127 cm³/mol. The molecule has 0 unspecified atom stereocenters. The number of hydrogen-bond acceptors (Lipinski definition) is 8. The Balaban J connectivity index is 1.70. The zero-order valence-electron chi connectivity index (χ0n) is 18.9. The van der Waals surface area contributed by atoms with E-state index in [1.807, 2.05) is 6.07 Å². The summed E-state index contributed by atoms with van der Waals surface area (Å²) in [4.78, 5) is 49.7. The van der Waals surface area contributed by atoms with Gasteiger partial charge in [-0.2, -0.15) is 0 Å². The Kier molecular flexibility index (Phi) is 8.15. The van der Waals surface area contributed by atoms with Crippen LogP contribution in [0.1, 0.15) is 49.8 Å². The fourth-order valence-corrected chi connectivity index (χ4v) is 4.20. The van der Waals surface area contributed by atoms with Crippen molar-refractivity contribution in [2.75, 3.05) is 18.5 Å². The highest BCUT2D eigenvalue weighted by atomic mass is 32.1. The van der Waals surface area contributed by atoms with Crippen LogP contribution in [0.25, 0.3) is 0 Å². The molecule has 34 heavy (non-hydrogen) atoms. The first kappa shape index (κ1) is 24.7. The van der Waals surface area contributed by atoms with Crippen molar-refractivity contribution in [3.05, 3.63) is 76.2 Å². The van der Waals surface area contributed by atoms with Crippen molar-refractivity contribution in [2.45, 2.75) is 20.8 Å². The molecular formula is C25H23NO7S. The number of ether oxygens (including phenoxy) is 3. The number of rotatable bonds is 9. The van der Waals surface area contributed by atoms with Gasteiger partial charge in [-0.3, -0.25) is 9.59 Å². The lowest BCUT2D eigenvalue weighted by atomic mass is 10.1. The first-order valence-electron chi connectivity index (χ1n) is 10.4. The Morgan fingerprint density at radius 1 is 0.912 bits per heavy atom. The summed E-state index contributed by atoms with van der Waals surface area (Å²) in [5.41, 5.74) is 0.686. The molecular weight excluding hydrogens is 458 g/mol. The maximum absolute atomic E-state index is 12.6. The van der Waals surface area contributed by atoms with Gasteiger partial charge in [0.2, 0.25) is 0 Å². The van der Waals surface area contributed by atoms with E-state index in [4.69, 9.17) is 14.2 Å². The maximum atomic E-state index is 12.6. The molecule has 176 valence electrons. The van der Waals surface area contributed by atoms with Gasteiger partial charge in [-0.05, 0) is 50.6 Å². The SMILES string of the molecule is CCOC(=O)c1c(NC(=O)COC(=O)c2ccccc2Oc2ccccc2)sc(C(C)=O)c1C. The quantitative estimate of drug-likeness (QED) is 0.338. The molecule has 0 fully saturated rings. The average molecular weight is 482 g/mol. The largest absolute Gasteiger partial charge is 0.462 e. The molecule has 3 aromatic rings. The van der Waals surface area contributed by atoms with Crippen LogP contribution in [0.5, 0.6) is 11.5 Å². The second-order valence-corrected chi connectivity index (χ2v) is 8.09. The summed E-state index contributed by atoms with van der Waals surface area (Å²) in [6.45, 7) is 4.17. The molecule has 2 aromatic carbocycles. The third kappa shape index (κ3) is 5.87. The fourth-order valence-electron chi connectivity index (χ4n) is 3.10. The number of carbonyl (C=O) groups is 4. The molecule has 0 radical (unpaired) electrons. The summed E-state index contributed by atoms with van der Waals surface area (Å²) in [7, 11) is 0. The average Bonchev–Trinajstić information content (AvgIpc) is 3.14. The van der Waals surface area contributed by atoms with Crippen LogP contribution in [0.4, 0.5) is 5.00 Å². The molecule has 9 heteroatoms. The molecule has 8 nitrogen and oxygen atoms in total. The van der Waals surface area contributed by atoms with Crippen molar-refractivity contribution in [3.63, 3.8) is 0 Å². The van der Waals surface area contributed by atoms with E-state index in [9.17, 15) is 19.2 Å². The van der Waals surface area contributed by atoms with E-state index >= 15 is 0 Å². The van der Waals surface area contributed by atoms with E-state index in [-0.39, 0.29) is 34.3 Å². The van der Waals surface area contributed by atoms with Crippen LogP contribution >= 0.6 is 11.3 Å². The van der Waals surface area contributed by atoms with Crippen molar-refractivity contribution in [1.82, 2.24) is 0 Å². The number of anilines is 1. The Morgan fingerprint density at radius 2 is 1.59 bits per heavy atom. The van der Waals surface area contributed by atoms with Crippen molar-refractivity contribution in [3.8, 4) is 11.5 Å². The molecule has 0 bridgehead atoms. The van der Waals surface area contributed by atoms with Crippen LogP contribution in [0.15, 0.2) is 54.6 Å². The van der Waals surface area contributed by atoms with Gasteiger partial charge in [0.1, 0.15) is 22.1 Å². The Labute approximate surface area is 200 Å². The number of Topliss-reactive ketones (excluding diaryl/α,β-unsaturated/α-hetero) is 1. The summed E-state index contributed by atoms with van der Waals surface area (Å²) in [5, 5.41) is 2.71. The van der Waals surface area contributed by atoms with Crippen LogP contribution in [0, 0.1) is 6.92 Å². The molecule has 0 spiro atoms. The lowest BCUT2D eigenvalue weighted by molar-refractivity contribution is -0.119. The van der Waals surface area contributed by atoms with Crippen LogP contribution < -0.4 is 10.1 Å². The van der Waals surface area contributed by atoms with Crippen LogP contribution in [-0.4, -0.2) is 36.8 Å². The smallest absolute Gasteiger partial charge is 0.342 e. The first-order valence-corrected chi connectivity index (χ1v) is 11.2. The summed E-state index contributed by atoms with van der Waals surface area (Å²) < 4.78 is 16.0. The van der Waals surface area contributed by atoms with Gasteiger partial charge in [0.15, 0.2) is 12.4 Å². The van der Waals surface area contributed by atoms with E-state index in [0.717, 1.165) is 11.3 Å². The monoisotopic (exact) mass is 481 g/mol. The van der Waals surface area contributed by atoms with Gasteiger partial charge in [0.25, 0.3) is 5.91 Å². The zero-order chi connectivity index (χ0) is 24.7. The van der Waals surface area contributed by atoms with E-state index in [0.29, 0.717) is 16.2 Å². The number of para-hydroxylation sites is 2. The summed E-state index contributed by atoms with van der Waals surface area (Å²) in [6, 6.07) is 15.4. The minimum absolute atomic E-state index is 0.110. The molecule has 1 amide bonds. The number of ketones is 1. The lowest BCUT2D eigenvalue weighted by Gasteiger charge is -2.11. The number of hydrogen-bond donors (Lipinski definition) is 1. The van der Waals surface area contributed by atoms with Crippen LogP contribution in [-0.2, 0) is 14.3 Å². The van der Waals surface area contributed by atoms with Gasteiger partial charge < -0.3 is 19.5 Å². The minimum Gasteiger partial charge on any atom is -0.462 e. The molecule has 1 N–H and O–H groups in total. The fraction of sp³-hybridized carbons (Fsp3) is 0.200. The second kappa shape index (κ2) is 11.2. The van der Waals surface area contributed by atoms with E-state index in [1.54, 1.807) is 56.3 Å². The molecule has 0 saturated heterocycles. The van der Waals surface area contributed by atoms with Gasteiger partial charge in [-0.1, -0.05) is 30.3 Å². The molecule has 3 rings (SSSR count). The Hall–Kier alpha value is -3.98. The summed E-state index contributed by atoms with van der Waals surface area (Å²) in [6.07, 6.45) is 0. The highest BCUT2D eigenvalue weighted by molar-refractivity contribution is 7.18. The molecule has 0 saturated carbocycles. The van der Waals surface area contributed by atoms with E-state index in [1.165, 1.54) is 13.0 Å². The molecule has 0 aliphatic rings. The van der Waals surface area contributed by atoms with Crippen molar-refractivity contribution in [1.29, 1.82) is 0 Å². The number of benzene rings is 2. The highest BCUT2D eigenvalue weighted by Crippen LogP contribution is 2.34. The molecule has 0 aliphatic carbocycles. The van der Waals surface area contributed by atoms with Gasteiger partial charge in [0, 0.05) is 0 Å². The topological polar surface area (TPSA) is 108 Å². The normalized spacial score (nSPS) is 10.3. The minimum atomic E-state index is -0.751. The Bertz CT molecular complexity index is 1220. The molecule has 0 atom stereocenters. The zero-order valence-corrected chi connectivity index (χ0v) is 19.7. The first-order chi connectivity index (χ1) is 16.3. The third-order valence-electron chi connectivity index (χ3n) is 4.61. The van der Waals surface area contributed by atoms with Gasteiger partial charge in [-0.15, -0.1) is 11.3 Å². The highest BCUT2D eigenvalue weighted by Gasteiger charge is 2.25. The number of carbonyl (C=O) groups excluding carboxylic acids is 4. The van der Waals surface area contributed by atoms with Crippen LogP contribution in [0.3, 0.4) is 0 Å². The number of esters is 2. The molecule has 0 aliphatic heterocycles. The predicted octanol–water partition coefficient (Wildman–Crippen LogP) is 5.02. The summed E-state index contributed by atoms with van der Waals surface area (Å²) in [5.74, 6) is -1.49.